The molecule has 2 aromatic carbocycles. The number of rotatable bonds is 19. The van der Waals surface area contributed by atoms with Crippen LogP contribution < -0.4 is 0 Å². The van der Waals surface area contributed by atoms with Crippen molar-refractivity contribution in [3.05, 3.63) is 75.6 Å². The van der Waals surface area contributed by atoms with Crippen molar-refractivity contribution in [2.24, 2.45) is 0 Å². The normalized spacial score (nSPS) is 12.6. The average molecular weight is 661 g/mol. The van der Waals surface area contributed by atoms with Gasteiger partial charge in [0, 0.05) is 34.3 Å². The second-order valence-electron chi connectivity index (χ2n) is 9.38. The number of carbonyl (C=O) groups is 1. The molecular formula is C29H43O11P3. The standard InChI is InChI=1S/C29H43O11P3/c1-8-39-43(33,40-9-2)15-12-25-19-27(22-28(21-25)29(30)34-3)20-26-17-23(10-13-41(31,35-4)36-5)16-24(18-26)11-14-42(32,37-6)38-7/h12,15-19,21-22H,8-11,13-14,20H2,1-7H3/b15-12+. The van der Waals surface area contributed by atoms with Crippen LogP contribution in [0.15, 0.2) is 42.2 Å². The van der Waals surface area contributed by atoms with E-state index < -0.39 is 28.8 Å². The highest BCUT2D eigenvalue weighted by Gasteiger charge is 2.23. The lowest BCUT2D eigenvalue weighted by atomic mass is 9.96. The van der Waals surface area contributed by atoms with Crippen molar-refractivity contribution in [3.8, 4) is 0 Å². The summed E-state index contributed by atoms with van der Waals surface area (Å²) in [6.07, 6.45) is 3.18. The zero-order chi connectivity index (χ0) is 32.1. The molecule has 0 aliphatic heterocycles. The van der Waals surface area contributed by atoms with Gasteiger partial charge >= 0.3 is 28.8 Å². The molecule has 0 saturated heterocycles. The van der Waals surface area contributed by atoms with E-state index in [0.717, 1.165) is 22.3 Å². The van der Waals surface area contributed by atoms with E-state index in [1.807, 2.05) is 24.3 Å². The molecule has 2 aromatic rings. The number of aryl methyl sites for hydroxylation is 2. The predicted molar refractivity (Wildman–Crippen MR) is 167 cm³/mol. The highest BCUT2D eigenvalue weighted by molar-refractivity contribution is 7.57. The quantitative estimate of drug-likeness (QED) is 0.111. The minimum Gasteiger partial charge on any atom is -0.465 e. The first-order chi connectivity index (χ1) is 20.4. The molecule has 0 aliphatic rings. The first-order valence-corrected chi connectivity index (χ1v) is 18.8. The molecule has 0 heterocycles. The summed E-state index contributed by atoms with van der Waals surface area (Å²) < 4.78 is 74.4. The molecule has 0 spiro atoms. The zero-order valence-corrected chi connectivity index (χ0v) is 28.6. The van der Waals surface area contributed by atoms with Crippen LogP contribution in [0, 0.1) is 0 Å². The first kappa shape index (κ1) is 37.3. The lowest BCUT2D eigenvalue weighted by molar-refractivity contribution is 0.0600. The smallest absolute Gasteiger partial charge is 0.354 e. The summed E-state index contributed by atoms with van der Waals surface area (Å²) in [5.41, 5.74) is 4.37. The number of methoxy groups -OCH3 is 1. The van der Waals surface area contributed by atoms with Crippen LogP contribution in [0.25, 0.3) is 6.08 Å². The Bertz CT molecular complexity index is 1320. The molecule has 0 aromatic heterocycles. The van der Waals surface area contributed by atoms with Crippen LogP contribution in [-0.2, 0) is 64.8 Å². The van der Waals surface area contributed by atoms with Crippen molar-refractivity contribution in [1.29, 1.82) is 0 Å². The first-order valence-electron chi connectivity index (χ1n) is 13.7. The molecule has 0 radical (unpaired) electrons. The minimum atomic E-state index is -3.46. The highest BCUT2D eigenvalue weighted by Crippen LogP contribution is 2.50. The SMILES string of the molecule is CCOP(=O)(/C=C/c1cc(Cc2cc(CCP(=O)(OC)OC)cc(CCP(=O)(OC)OC)c2)cc(C(=O)OC)c1)OCC. The Morgan fingerprint density at radius 3 is 1.58 bits per heavy atom. The van der Waals surface area contributed by atoms with E-state index in [1.165, 1.54) is 41.4 Å². The second kappa shape index (κ2) is 17.6. The molecule has 0 N–H and O–H groups in total. The van der Waals surface area contributed by atoms with Gasteiger partial charge in [0.2, 0.25) is 0 Å². The number of benzene rings is 2. The maximum Gasteiger partial charge on any atom is 0.354 e. The molecule has 11 nitrogen and oxygen atoms in total. The Hall–Kier alpha value is -1.90. The van der Waals surface area contributed by atoms with E-state index in [-0.39, 0.29) is 25.5 Å². The van der Waals surface area contributed by atoms with Crippen molar-refractivity contribution in [3.63, 3.8) is 0 Å². The van der Waals surface area contributed by atoms with Gasteiger partial charge in [-0.3, -0.25) is 13.7 Å². The summed E-state index contributed by atoms with van der Waals surface area (Å²) in [7, 11) is -3.25. The molecule has 14 heteroatoms. The second-order valence-corrected chi connectivity index (χ2v) is 16.1. The van der Waals surface area contributed by atoms with Crippen molar-refractivity contribution >= 4 is 34.8 Å². The maximum absolute atomic E-state index is 13.0. The van der Waals surface area contributed by atoms with Crippen LogP contribution in [0.4, 0.5) is 0 Å². The summed E-state index contributed by atoms with van der Waals surface area (Å²) in [5.74, 6) is 0.862. The third-order valence-electron chi connectivity index (χ3n) is 6.49. The molecule has 2 rings (SSSR count). The number of ether oxygens (including phenoxy) is 1. The predicted octanol–water partition coefficient (Wildman–Crippen LogP) is 7.36. The fourth-order valence-corrected chi connectivity index (χ4v) is 7.74. The van der Waals surface area contributed by atoms with Crippen LogP contribution in [-0.4, -0.2) is 67.1 Å². The molecule has 0 aliphatic carbocycles. The third kappa shape index (κ3) is 11.8. The van der Waals surface area contributed by atoms with Gasteiger partial charge < -0.3 is 31.9 Å². The van der Waals surface area contributed by atoms with Crippen LogP contribution in [0.2, 0.25) is 0 Å². The topological polar surface area (TPSA) is 133 Å². The van der Waals surface area contributed by atoms with Gasteiger partial charge in [0.1, 0.15) is 0 Å². The van der Waals surface area contributed by atoms with E-state index in [1.54, 1.807) is 32.1 Å². The maximum atomic E-state index is 13.0. The van der Waals surface area contributed by atoms with Crippen molar-refractivity contribution in [2.75, 3.05) is 61.1 Å². The van der Waals surface area contributed by atoms with E-state index in [4.69, 9.17) is 31.9 Å². The van der Waals surface area contributed by atoms with Crippen LogP contribution in [0.3, 0.4) is 0 Å². The van der Waals surface area contributed by atoms with E-state index in [0.29, 0.717) is 30.4 Å². The number of hydrogen-bond donors (Lipinski definition) is 0. The van der Waals surface area contributed by atoms with Crippen molar-refractivity contribution < 1.29 is 50.4 Å². The van der Waals surface area contributed by atoms with Crippen LogP contribution in [0.5, 0.6) is 0 Å². The van der Waals surface area contributed by atoms with Gasteiger partial charge in [-0.1, -0.05) is 24.3 Å². The molecule has 0 amide bonds. The summed E-state index contributed by atoms with van der Waals surface area (Å²) in [6, 6.07) is 11.1. The number of esters is 1. The Morgan fingerprint density at radius 2 is 1.14 bits per heavy atom. The van der Waals surface area contributed by atoms with Gasteiger partial charge in [-0.15, -0.1) is 0 Å². The fraction of sp³-hybridized carbons (Fsp3) is 0.483. The van der Waals surface area contributed by atoms with Crippen molar-refractivity contribution in [2.45, 2.75) is 33.1 Å². The molecule has 0 fully saturated rings. The highest BCUT2D eigenvalue weighted by atomic mass is 31.2. The van der Waals surface area contributed by atoms with Crippen molar-refractivity contribution in [1.82, 2.24) is 0 Å². The van der Waals surface area contributed by atoms with Gasteiger partial charge in [0.05, 0.1) is 38.2 Å². The van der Waals surface area contributed by atoms with Crippen LogP contribution in [0.1, 0.15) is 52.0 Å². The van der Waals surface area contributed by atoms with Crippen LogP contribution >= 0.6 is 22.8 Å². The Morgan fingerprint density at radius 1 is 0.674 bits per heavy atom. The monoisotopic (exact) mass is 660 g/mol. The molecule has 0 unspecified atom stereocenters. The Labute approximate surface area is 254 Å². The van der Waals surface area contributed by atoms with Gasteiger partial charge in [-0.05, 0) is 79.1 Å². The lowest BCUT2D eigenvalue weighted by Gasteiger charge is -2.16. The number of carbonyl (C=O) groups excluding carboxylic acids is 1. The summed E-state index contributed by atoms with van der Waals surface area (Å²) in [4.78, 5) is 12.5. The average Bonchev–Trinajstić information content (AvgIpc) is 3.01. The zero-order valence-electron chi connectivity index (χ0n) is 25.9. The summed E-state index contributed by atoms with van der Waals surface area (Å²) >= 11 is 0. The van der Waals surface area contributed by atoms with E-state index in [2.05, 4.69) is 0 Å². The Kier molecular flexibility index (Phi) is 15.2. The summed E-state index contributed by atoms with van der Waals surface area (Å²) in [6.45, 7) is 3.87. The Balaban J connectivity index is 2.52. The molecular weight excluding hydrogens is 617 g/mol. The van der Waals surface area contributed by atoms with Gasteiger partial charge in [-0.25, -0.2) is 4.79 Å². The number of hydrogen-bond acceptors (Lipinski definition) is 11. The molecule has 0 bridgehead atoms. The molecule has 0 saturated carbocycles. The fourth-order valence-electron chi connectivity index (χ4n) is 4.33. The largest absolute Gasteiger partial charge is 0.465 e. The summed E-state index contributed by atoms with van der Waals surface area (Å²) in [5, 5.41) is 0. The van der Waals surface area contributed by atoms with Gasteiger partial charge in [-0.2, -0.15) is 0 Å². The molecule has 43 heavy (non-hydrogen) atoms. The molecule has 0 atom stereocenters. The lowest BCUT2D eigenvalue weighted by Crippen LogP contribution is -2.05. The van der Waals surface area contributed by atoms with Gasteiger partial charge in [0.15, 0.2) is 0 Å². The molecule has 240 valence electrons. The van der Waals surface area contributed by atoms with Gasteiger partial charge in [0.25, 0.3) is 0 Å². The van der Waals surface area contributed by atoms with E-state index in [9.17, 15) is 18.5 Å². The third-order valence-corrected chi connectivity index (χ3v) is 12.0. The van der Waals surface area contributed by atoms with E-state index >= 15 is 0 Å². The minimum absolute atomic E-state index is 0.171.